The van der Waals surface area contributed by atoms with Gasteiger partial charge in [-0.1, -0.05) is 30.3 Å². The Morgan fingerprint density at radius 1 is 0.971 bits per heavy atom. The van der Waals surface area contributed by atoms with Crippen LogP contribution in [-0.4, -0.2) is 31.5 Å². The molecule has 0 amide bonds. The quantitative estimate of drug-likeness (QED) is 0.380. The third-order valence-corrected chi connectivity index (χ3v) is 7.27. The molecule has 35 heavy (non-hydrogen) atoms. The summed E-state index contributed by atoms with van der Waals surface area (Å²) in [7, 11) is -3.96. The van der Waals surface area contributed by atoms with E-state index in [9.17, 15) is 21.6 Å². The van der Waals surface area contributed by atoms with Gasteiger partial charge < -0.3 is 5.32 Å². The van der Waals surface area contributed by atoms with E-state index in [1.54, 1.807) is 24.3 Å². The lowest BCUT2D eigenvalue weighted by Crippen LogP contribution is -2.54. The summed E-state index contributed by atoms with van der Waals surface area (Å²) in [6, 6.07) is 13.9. The van der Waals surface area contributed by atoms with Crippen LogP contribution in [0.4, 0.5) is 23.4 Å². The molecule has 1 aliphatic rings. The molecule has 0 atom stereocenters. The van der Waals surface area contributed by atoms with Gasteiger partial charge in [0.15, 0.2) is 5.67 Å². The standard InChI is InChI=1S/C24H18F4N4O2S/c25-23(12-30-13-23)21-11-16(24(26,27)28)4-6-20(21)19-3-1-2-15-10-17(5-7-18(15)19)35(33,34)32-22-8-9-29-14-31-22/h1-11,14,30H,12-13H2,(H,29,31,32). The molecule has 11 heteroatoms. The number of halogens is 4. The van der Waals surface area contributed by atoms with Crippen LogP contribution in [0.2, 0.25) is 0 Å². The topological polar surface area (TPSA) is 84.0 Å². The molecule has 4 aromatic rings. The van der Waals surface area contributed by atoms with Gasteiger partial charge >= 0.3 is 6.18 Å². The monoisotopic (exact) mass is 502 g/mol. The number of anilines is 1. The molecule has 0 radical (unpaired) electrons. The van der Waals surface area contributed by atoms with Gasteiger partial charge in [-0.15, -0.1) is 0 Å². The molecule has 2 heterocycles. The lowest BCUT2D eigenvalue weighted by molar-refractivity contribution is -0.137. The zero-order valence-electron chi connectivity index (χ0n) is 18.0. The Bertz CT molecular complexity index is 1520. The zero-order chi connectivity index (χ0) is 24.8. The minimum absolute atomic E-state index is 0.0291. The first-order valence-electron chi connectivity index (χ1n) is 10.5. The fourth-order valence-corrected chi connectivity index (χ4v) is 5.12. The zero-order valence-corrected chi connectivity index (χ0v) is 18.8. The van der Waals surface area contributed by atoms with Crippen LogP contribution in [0, 0.1) is 0 Å². The molecule has 6 nitrogen and oxygen atoms in total. The van der Waals surface area contributed by atoms with Crippen LogP contribution >= 0.6 is 0 Å². The van der Waals surface area contributed by atoms with E-state index in [2.05, 4.69) is 20.0 Å². The molecule has 1 aliphatic heterocycles. The number of fused-ring (bicyclic) bond motifs is 1. The third kappa shape index (κ3) is 4.32. The average Bonchev–Trinajstić information content (AvgIpc) is 2.81. The number of hydrogen-bond acceptors (Lipinski definition) is 5. The highest BCUT2D eigenvalue weighted by Crippen LogP contribution is 2.43. The maximum atomic E-state index is 15.5. The molecule has 1 aromatic heterocycles. The number of sulfonamides is 1. The van der Waals surface area contributed by atoms with Crippen molar-refractivity contribution in [2.45, 2.75) is 16.7 Å². The number of nitrogens with one attached hydrogen (secondary N) is 2. The van der Waals surface area contributed by atoms with Crippen molar-refractivity contribution in [3.8, 4) is 11.1 Å². The van der Waals surface area contributed by atoms with Gasteiger partial charge in [-0.2, -0.15) is 13.2 Å². The van der Waals surface area contributed by atoms with Gasteiger partial charge in [0.25, 0.3) is 10.0 Å². The Morgan fingerprint density at radius 2 is 1.77 bits per heavy atom. The number of nitrogens with zero attached hydrogens (tertiary/aromatic N) is 2. The maximum Gasteiger partial charge on any atom is 0.416 e. The van der Waals surface area contributed by atoms with Crippen molar-refractivity contribution in [2.24, 2.45) is 0 Å². The Balaban J connectivity index is 1.61. The van der Waals surface area contributed by atoms with Gasteiger partial charge in [0.2, 0.25) is 0 Å². The number of aromatic nitrogens is 2. The molecular formula is C24H18F4N4O2S. The molecule has 3 aromatic carbocycles. The van der Waals surface area contributed by atoms with E-state index in [0.717, 1.165) is 12.1 Å². The van der Waals surface area contributed by atoms with Crippen molar-refractivity contribution in [2.75, 3.05) is 17.8 Å². The predicted octanol–water partition coefficient (Wildman–Crippen LogP) is 4.88. The Morgan fingerprint density at radius 3 is 2.43 bits per heavy atom. The highest BCUT2D eigenvalue weighted by atomic mass is 32.2. The summed E-state index contributed by atoms with van der Waals surface area (Å²) in [5.74, 6) is 0.102. The van der Waals surface area contributed by atoms with Gasteiger partial charge in [0.05, 0.1) is 10.5 Å². The lowest BCUT2D eigenvalue weighted by atomic mass is 9.82. The van der Waals surface area contributed by atoms with Crippen molar-refractivity contribution in [3.05, 3.63) is 84.3 Å². The summed E-state index contributed by atoms with van der Waals surface area (Å²) in [6.45, 7) is -0.188. The van der Waals surface area contributed by atoms with Crippen LogP contribution in [0.5, 0.6) is 0 Å². The SMILES string of the molecule is O=S(=O)(Nc1ccncn1)c1ccc2c(-c3ccc(C(F)(F)F)cc3C3(F)CNC3)cccc2c1. The Labute approximate surface area is 198 Å². The van der Waals surface area contributed by atoms with Crippen LogP contribution in [0.25, 0.3) is 21.9 Å². The fraction of sp³-hybridized carbons (Fsp3) is 0.167. The summed E-state index contributed by atoms with van der Waals surface area (Å²) in [6.07, 6.45) is -2.00. The molecule has 0 aliphatic carbocycles. The summed E-state index contributed by atoms with van der Waals surface area (Å²) < 4.78 is 83.6. The van der Waals surface area contributed by atoms with Gasteiger partial charge in [0, 0.05) is 24.8 Å². The van der Waals surface area contributed by atoms with E-state index in [0.29, 0.717) is 21.9 Å². The largest absolute Gasteiger partial charge is 0.416 e. The van der Waals surface area contributed by atoms with Crippen LogP contribution in [0.15, 0.2) is 78.1 Å². The predicted molar refractivity (Wildman–Crippen MR) is 123 cm³/mol. The van der Waals surface area contributed by atoms with Crippen molar-refractivity contribution >= 4 is 26.6 Å². The minimum Gasteiger partial charge on any atom is -0.310 e. The van der Waals surface area contributed by atoms with Gasteiger partial charge in [0.1, 0.15) is 12.1 Å². The first-order valence-corrected chi connectivity index (χ1v) is 12.0. The summed E-state index contributed by atoms with van der Waals surface area (Å²) >= 11 is 0. The maximum absolute atomic E-state index is 15.5. The first kappa shape index (κ1) is 23.2. The third-order valence-electron chi connectivity index (χ3n) is 5.91. The molecule has 1 fully saturated rings. The number of rotatable bonds is 5. The molecule has 180 valence electrons. The molecule has 0 unspecified atom stereocenters. The van der Waals surface area contributed by atoms with E-state index >= 15 is 4.39 Å². The lowest BCUT2D eigenvalue weighted by Gasteiger charge is -2.37. The van der Waals surface area contributed by atoms with E-state index in [-0.39, 0.29) is 29.4 Å². The first-order chi connectivity index (χ1) is 16.6. The normalized spacial score (nSPS) is 15.5. The number of hydrogen-bond donors (Lipinski definition) is 2. The van der Waals surface area contributed by atoms with E-state index < -0.39 is 27.4 Å². The van der Waals surface area contributed by atoms with Crippen molar-refractivity contribution in [3.63, 3.8) is 0 Å². The number of alkyl halides is 4. The molecule has 0 spiro atoms. The highest BCUT2D eigenvalue weighted by molar-refractivity contribution is 7.92. The van der Waals surface area contributed by atoms with Crippen LogP contribution in [0.1, 0.15) is 11.1 Å². The average molecular weight is 502 g/mol. The summed E-state index contributed by atoms with van der Waals surface area (Å²) in [5.41, 5.74) is -2.10. The highest BCUT2D eigenvalue weighted by Gasteiger charge is 2.42. The summed E-state index contributed by atoms with van der Waals surface area (Å²) in [5, 5.41) is 3.88. The molecular weight excluding hydrogens is 484 g/mol. The Hall–Kier alpha value is -3.57. The van der Waals surface area contributed by atoms with Crippen molar-refractivity contribution < 1.29 is 26.0 Å². The van der Waals surface area contributed by atoms with Gasteiger partial charge in [-0.05, 0) is 52.2 Å². The molecule has 0 saturated carbocycles. The van der Waals surface area contributed by atoms with Crippen LogP contribution in [-0.2, 0) is 21.9 Å². The second-order valence-corrected chi connectivity index (χ2v) is 9.90. The molecule has 1 saturated heterocycles. The smallest absolute Gasteiger partial charge is 0.310 e. The second-order valence-electron chi connectivity index (χ2n) is 8.22. The van der Waals surface area contributed by atoms with Crippen LogP contribution < -0.4 is 10.0 Å². The number of benzene rings is 3. The van der Waals surface area contributed by atoms with Crippen LogP contribution in [0.3, 0.4) is 0 Å². The van der Waals surface area contributed by atoms with E-state index in [1.807, 2.05) is 0 Å². The molecule has 5 rings (SSSR count). The Kier molecular flexibility index (Phi) is 5.48. The minimum atomic E-state index is -4.61. The fourth-order valence-electron chi connectivity index (χ4n) is 4.07. The molecule has 2 N–H and O–H groups in total. The second kappa shape index (κ2) is 8.28. The summed E-state index contributed by atoms with van der Waals surface area (Å²) in [4.78, 5) is 7.57. The van der Waals surface area contributed by atoms with E-state index in [1.165, 1.54) is 36.8 Å². The van der Waals surface area contributed by atoms with Gasteiger partial charge in [-0.25, -0.2) is 22.8 Å². The molecule has 0 bridgehead atoms. The van der Waals surface area contributed by atoms with Crippen molar-refractivity contribution in [1.29, 1.82) is 0 Å². The van der Waals surface area contributed by atoms with E-state index in [4.69, 9.17) is 0 Å². The van der Waals surface area contributed by atoms with Gasteiger partial charge in [-0.3, -0.25) is 4.72 Å². The van der Waals surface area contributed by atoms with Crippen molar-refractivity contribution in [1.82, 2.24) is 15.3 Å².